The summed E-state index contributed by atoms with van der Waals surface area (Å²) in [5.74, 6) is -1.14. The van der Waals surface area contributed by atoms with Crippen molar-refractivity contribution >= 4 is 29.5 Å². The van der Waals surface area contributed by atoms with Crippen molar-refractivity contribution in [3.05, 3.63) is 54.1 Å². The smallest absolute Gasteiger partial charge is 0.303 e. The number of hydrogen-bond donors (Lipinski definition) is 3. The summed E-state index contributed by atoms with van der Waals surface area (Å²) in [4.78, 5) is 26.2. The van der Waals surface area contributed by atoms with Crippen molar-refractivity contribution in [1.29, 1.82) is 0 Å². The van der Waals surface area contributed by atoms with Gasteiger partial charge in [0.05, 0.1) is 12.1 Å². The van der Waals surface area contributed by atoms with E-state index >= 15 is 0 Å². The number of anilines is 1. The van der Waals surface area contributed by atoms with Crippen molar-refractivity contribution in [2.75, 3.05) is 5.32 Å². The van der Waals surface area contributed by atoms with Gasteiger partial charge in [0.15, 0.2) is 0 Å². The largest absolute Gasteiger partial charge is 0.508 e. The van der Waals surface area contributed by atoms with Gasteiger partial charge >= 0.3 is 5.97 Å². The van der Waals surface area contributed by atoms with Crippen LogP contribution in [0.1, 0.15) is 18.4 Å². The van der Waals surface area contributed by atoms with Crippen LogP contribution >= 0.6 is 0 Å². The minimum Gasteiger partial charge on any atom is -0.508 e. The number of aliphatic imine (C=N–C) groups is 1. The molecule has 0 aliphatic heterocycles. The van der Waals surface area contributed by atoms with Gasteiger partial charge in [-0.2, -0.15) is 0 Å². The fourth-order valence-corrected chi connectivity index (χ4v) is 1.78. The van der Waals surface area contributed by atoms with Crippen LogP contribution in [0.3, 0.4) is 0 Å². The van der Waals surface area contributed by atoms with Crippen LogP contribution in [0, 0.1) is 0 Å². The van der Waals surface area contributed by atoms with E-state index in [9.17, 15) is 14.7 Å². The number of nitrogens with one attached hydrogen (secondary N) is 1. The number of rotatable bonds is 6. The van der Waals surface area contributed by atoms with E-state index in [1.165, 1.54) is 0 Å². The lowest BCUT2D eigenvalue weighted by atomic mass is 10.2. The van der Waals surface area contributed by atoms with Crippen LogP contribution in [0.5, 0.6) is 5.75 Å². The molecular weight excluding hydrogens is 296 g/mol. The third-order valence-electron chi connectivity index (χ3n) is 2.97. The van der Waals surface area contributed by atoms with Gasteiger partial charge in [0, 0.05) is 18.3 Å². The molecule has 2 aromatic carbocycles. The Labute approximate surface area is 133 Å². The molecule has 0 radical (unpaired) electrons. The monoisotopic (exact) mass is 312 g/mol. The van der Waals surface area contributed by atoms with Gasteiger partial charge in [-0.05, 0) is 54.1 Å². The number of amides is 1. The summed E-state index contributed by atoms with van der Waals surface area (Å²) in [5, 5.41) is 20.3. The van der Waals surface area contributed by atoms with E-state index in [2.05, 4.69) is 10.3 Å². The summed E-state index contributed by atoms with van der Waals surface area (Å²) >= 11 is 0. The van der Waals surface area contributed by atoms with Crippen molar-refractivity contribution in [1.82, 2.24) is 0 Å². The summed E-state index contributed by atoms with van der Waals surface area (Å²) < 4.78 is 0. The van der Waals surface area contributed by atoms with Crippen molar-refractivity contribution in [2.24, 2.45) is 4.99 Å². The third-order valence-corrected chi connectivity index (χ3v) is 2.97. The predicted octanol–water partition coefficient (Wildman–Crippen LogP) is 2.95. The number of carboxylic acid groups (broad SMARTS) is 1. The highest BCUT2D eigenvalue weighted by Gasteiger charge is 2.05. The van der Waals surface area contributed by atoms with Crippen LogP contribution in [0.15, 0.2) is 53.5 Å². The average molecular weight is 312 g/mol. The van der Waals surface area contributed by atoms with Crippen LogP contribution in [0.25, 0.3) is 0 Å². The quantitative estimate of drug-likeness (QED) is 0.714. The zero-order valence-corrected chi connectivity index (χ0v) is 12.3. The molecule has 0 spiro atoms. The van der Waals surface area contributed by atoms with E-state index in [4.69, 9.17) is 5.11 Å². The Morgan fingerprint density at radius 2 is 1.65 bits per heavy atom. The first-order valence-electron chi connectivity index (χ1n) is 6.98. The molecule has 0 saturated carbocycles. The fourth-order valence-electron chi connectivity index (χ4n) is 1.78. The Morgan fingerprint density at radius 1 is 1.00 bits per heavy atom. The topological polar surface area (TPSA) is 99.0 Å². The Morgan fingerprint density at radius 3 is 2.26 bits per heavy atom. The lowest BCUT2D eigenvalue weighted by Gasteiger charge is -2.04. The zero-order chi connectivity index (χ0) is 16.7. The van der Waals surface area contributed by atoms with Gasteiger partial charge in [-0.15, -0.1) is 0 Å². The van der Waals surface area contributed by atoms with Gasteiger partial charge in [0.25, 0.3) is 0 Å². The molecular formula is C17H16N2O4. The van der Waals surface area contributed by atoms with Crippen LogP contribution in [-0.2, 0) is 9.59 Å². The maximum Gasteiger partial charge on any atom is 0.303 e. The Bertz CT molecular complexity index is 706. The van der Waals surface area contributed by atoms with Gasteiger partial charge in [-0.3, -0.25) is 14.6 Å². The number of phenols is 1. The van der Waals surface area contributed by atoms with Gasteiger partial charge in [0.1, 0.15) is 5.75 Å². The summed E-state index contributed by atoms with van der Waals surface area (Å²) in [6.07, 6.45) is 1.41. The molecule has 3 N–H and O–H groups in total. The number of aliphatic carboxylic acids is 1. The number of carbonyl (C=O) groups is 2. The SMILES string of the molecule is O=C(O)CCC(=O)Nc1ccc(N=Cc2ccc(O)cc2)cc1. The first kappa shape index (κ1) is 16.2. The second-order valence-corrected chi connectivity index (χ2v) is 4.84. The number of benzene rings is 2. The molecule has 6 heteroatoms. The van der Waals surface area contributed by atoms with Crippen molar-refractivity contribution in [3.8, 4) is 5.75 Å². The molecule has 2 aromatic rings. The molecule has 0 bridgehead atoms. The van der Waals surface area contributed by atoms with Crippen molar-refractivity contribution in [3.63, 3.8) is 0 Å². The number of aromatic hydroxyl groups is 1. The number of carbonyl (C=O) groups excluding carboxylic acids is 1. The molecule has 6 nitrogen and oxygen atoms in total. The molecule has 0 atom stereocenters. The minimum atomic E-state index is -1.00. The number of carboxylic acids is 1. The van der Waals surface area contributed by atoms with E-state index in [0.29, 0.717) is 11.4 Å². The van der Waals surface area contributed by atoms with Crippen LogP contribution in [0.2, 0.25) is 0 Å². The number of nitrogens with zero attached hydrogens (tertiary/aromatic N) is 1. The fraction of sp³-hybridized carbons (Fsp3) is 0.118. The van der Waals surface area contributed by atoms with E-state index in [0.717, 1.165) is 5.56 Å². The summed E-state index contributed by atoms with van der Waals surface area (Å²) in [5.41, 5.74) is 2.15. The molecule has 1 amide bonds. The molecule has 0 aliphatic rings. The van der Waals surface area contributed by atoms with E-state index in [1.807, 2.05) is 0 Å². The molecule has 0 aliphatic carbocycles. The van der Waals surface area contributed by atoms with E-state index in [1.54, 1.807) is 54.7 Å². The normalized spacial score (nSPS) is 10.6. The molecule has 2 rings (SSSR count). The van der Waals surface area contributed by atoms with E-state index in [-0.39, 0.29) is 24.5 Å². The Balaban J connectivity index is 1.92. The van der Waals surface area contributed by atoms with Gasteiger partial charge in [-0.1, -0.05) is 0 Å². The van der Waals surface area contributed by atoms with Crippen molar-refractivity contribution in [2.45, 2.75) is 12.8 Å². The summed E-state index contributed by atoms with van der Waals surface area (Å²) in [7, 11) is 0. The minimum absolute atomic E-state index is 0.0594. The highest BCUT2D eigenvalue weighted by atomic mass is 16.4. The average Bonchev–Trinajstić information content (AvgIpc) is 2.54. The van der Waals surface area contributed by atoms with Crippen LogP contribution in [0.4, 0.5) is 11.4 Å². The molecule has 23 heavy (non-hydrogen) atoms. The molecule has 0 aromatic heterocycles. The second kappa shape index (κ2) is 7.74. The number of phenolic OH excluding ortho intramolecular Hbond substituents is 1. The molecule has 0 saturated heterocycles. The third kappa shape index (κ3) is 5.62. The first-order chi connectivity index (χ1) is 11.0. The van der Waals surface area contributed by atoms with Gasteiger partial charge in [0.2, 0.25) is 5.91 Å². The Kier molecular flexibility index (Phi) is 5.46. The van der Waals surface area contributed by atoms with Crippen molar-refractivity contribution < 1.29 is 19.8 Å². The Hall–Kier alpha value is -3.15. The highest BCUT2D eigenvalue weighted by molar-refractivity contribution is 5.92. The molecule has 0 unspecified atom stereocenters. The lowest BCUT2D eigenvalue weighted by Crippen LogP contribution is -2.12. The second-order valence-electron chi connectivity index (χ2n) is 4.84. The predicted molar refractivity (Wildman–Crippen MR) is 87.3 cm³/mol. The summed E-state index contributed by atoms with van der Waals surface area (Å²) in [6.45, 7) is 0. The maximum absolute atomic E-state index is 11.5. The molecule has 0 fully saturated rings. The standard InChI is InChI=1S/C17H16N2O4/c20-15-7-1-12(2-8-15)11-18-13-3-5-14(6-4-13)19-16(21)9-10-17(22)23/h1-8,11,20H,9-10H2,(H,19,21)(H,22,23). The van der Waals surface area contributed by atoms with Crippen LogP contribution in [-0.4, -0.2) is 28.3 Å². The zero-order valence-electron chi connectivity index (χ0n) is 12.3. The van der Waals surface area contributed by atoms with Gasteiger partial charge < -0.3 is 15.5 Å². The molecule has 118 valence electrons. The summed E-state index contributed by atoms with van der Waals surface area (Å²) in [6, 6.07) is 13.5. The maximum atomic E-state index is 11.5. The van der Waals surface area contributed by atoms with Crippen LogP contribution < -0.4 is 5.32 Å². The highest BCUT2D eigenvalue weighted by Crippen LogP contribution is 2.17. The molecule has 0 heterocycles. The van der Waals surface area contributed by atoms with Gasteiger partial charge in [-0.25, -0.2) is 0 Å². The first-order valence-corrected chi connectivity index (χ1v) is 6.98. The number of hydrogen-bond acceptors (Lipinski definition) is 4. The van der Waals surface area contributed by atoms with E-state index < -0.39 is 5.97 Å². The lowest BCUT2D eigenvalue weighted by molar-refractivity contribution is -0.138.